The van der Waals surface area contributed by atoms with Crippen molar-refractivity contribution in [3.8, 4) is 0 Å². The Morgan fingerprint density at radius 1 is 1.52 bits per heavy atom. The van der Waals surface area contributed by atoms with Crippen molar-refractivity contribution < 1.29 is 4.74 Å². The summed E-state index contributed by atoms with van der Waals surface area (Å²) in [6.45, 7) is 1.85. The van der Waals surface area contributed by atoms with E-state index in [4.69, 9.17) is 10.5 Å². The smallest absolute Gasteiger partial charge is 0.268 e. The molecule has 118 valence electrons. The van der Waals surface area contributed by atoms with E-state index in [-0.39, 0.29) is 11.6 Å². The predicted octanol–water partition coefficient (Wildman–Crippen LogP) is 0.843. The zero-order valence-electron chi connectivity index (χ0n) is 13.0. The number of nitrogens with two attached hydrogens (primary N) is 1. The summed E-state index contributed by atoms with van der Waals surface area (Å²) >= 11 is 0. The molecule has 2 N–H and O–H groups in total. The van der Waals surface area contributed by atoms with Crippen LogP contribution in [0, 0.1) is 5.92 Å². The third kappa shape index (κ3) is 4.28. The maximum atomic E-state index is 12.2. The average Bonchev–Trinajstić information content (AvgIpc) is 3.01. The van der Waals surface area contributed by atoms with Gasteiger partial charge in [-0.3, -0.25) is 4.79 Å². The first-order chi connectivity index (χ1) is 10.1. The van der Waals surface area contributed by atoms with E-state index >= 15 is 0 Å². The van der Waals surface area contributed by atoms with Gasteiger partial charge in [-0.1, -0.05) is 12.8 Å². The topological polar surface area (TPSA) is 73.4 Å². The van der Waals surface area contributed by atoms with Gasteiger partial charge in [0.1, 0.15) is 0 Å². The molecule has 0 aromatic carbocycles. The summed E-state index contributed by atoms with van der Waals surface area (Å²) in [4.78, 5) is 14.1. The molecule has 0 radical (unpaired) electrons. The number of ether oxygens (including phenoxy) is 1. The van der Waals surface area contributed by atoms with Crippen LogP contribution in [0.5, 0.6) is 0 Å². The van der Waals surface area contributed by atoms with Crippen LogP contribution in [0.2, 0.25) is 0 Å². The zero-order chi connectivity index (χ0) is 15.2. The van der Waals surface area contributed by atoms with Gasteiger partial charge in [0.2, 0.25) is 0 Å². The number of nitrogens with zero attached hydrogens (tertiary/aromatic N) is 3. The van der Waals surface area contributed by atoms with Crippen molar-refractivity contribution in [2.45, 2.75) is 38.3 Å². The minimum absolute atomic E-state index is 0.0229. The van der Waals surface area contributed by atoms with Crippen molar-refractivity contribution >= 4 is 5.69 Å². The number of likely N-dealkylation sites (N-methyl/N-ethyl adjacent to an activating group) is 1. The largest absolute Gasteiger partial charge is 0.383 e. The second-order valence-corrected chi connectivity index (χ2v) is 5.86. The van der Waals surface area contributed by atoms with Crippen LogP contribution in [0.1, 0.15) is 25.7 Å². The monoisotopic (exact) mass is 294 g/mol. The molecule has 0 aliphatic heterocycles. The molecule has 1 aromatic rings. The fourth-order valence-electron chi connectivity index (χ4n) is 2.86. The third-order valence-electron chi connectivity index (χ3n) is 4.32. The molecule has 1 fully saturated rings. The Kier molecular flexibility index (Phi) is 5.76. The number of hydrogen-bond donors (Lipinski definition) is 1. The SMILES string of the molecule is COCCN(C)c1cnn(CC(N)C2CCCC2)c(=O)c1. The molecule has 1 aliphatic rings. The number of anilines is 1. The Bertz CT molecular complexity index is 497. The molecule has 0 saturated heterocycles. The van der Waals surface area contributed by atoms with Crippen molar-refractivity contribution in [1.82, 2.24) is 9.78 Å². The van der Waals surface area contributed by atoms with Crippen molar-refractivity contribution in [3.05, 3.63) is 22.6 Å². The molecule has 6 heteroatoms. The van der Waals surface area contributed by atoms with Crippen LogP contribution in [-0.4, -0.2) is 43.1 Å². The number of methoxy groups -OCH3 is 1. The molecule has 1 atom stereocenters. The fraction of sp³-hybridized carbons (Fsp3) is 0.733. The quantitative estimate of drug-likeness (QED) is 0.807. The molecule has 1 aliphatic carbocycles. The van der Waals surface area contributed by atoms with E-state index in [0.29, 0.717) is 19.1 Å². The van der Waals surface area contributed by atoms with Crippen LogP contribution in [0.3, 0.4) is 0 Å². The molecule has 0 spiro atoms. The lowest BCUT2D eigenvalue weighted by Gasteiger charge is -2.21. The summed E-state index contributed by atoms with van der Waals surface area (Å²) in [5, 5.41) is 4.26. The molecular weight excluding hydrogens is 268 g/mol. The van der Waals surface area contributed by atoms with Crippen LogP contribution in [-0.2, 0) is 11.3 Å². The van der Waals surface area contributed by atoms with Crippen molar-refractivity contribution in [2.75, 3.05) is 32.2 Å². The molecule has 6 nitrogen and oxygen atoms in total. The van der Waals surface area contributed by atoms with E-state index in [0.717, 1.165) is 12.2 Å². The molecule has 1 saturated carbocycles. The minimum Gasteiger partial charge on any atom is -0.383 e. The summed E-state index contributed by atoms with van der Waals surface area (Å²) in [5.41, 5.74) is 6.93. The molecule has 0 bridgehead atoms. The maximum absolute atomic E-state index is 12.2. The number of aromatic nitrogens is 2. The fourth-order valence-corrected chi connectivity index (χ4v) is 2.86. The van der Waals surface area contributed by atoms with Gasteiger partial charge in [-0.15, -0.1) is 0 Å². The average molecular weight is 294 g/mol. The molecule has 21 heavy (non-hydrogen) atoms. The third-order valence-corrected chi connectivity index (χ3v) is 4.32. The second-order valence-electron chi connectivity index (χ2n) is 5.86. The maximum Gasteiger partial charge on any atom is 0.268 e. The van der Waals surface area contributed by atoms with Crippen LogP contribution >= 0.6 is 0 Å². The van der Waals surface area contributed by atoms with E-state index in [9.17, 15) is 4.79 Å². The summed E-state index contributed by atoms with van der Waals surface area (Å²) < 4.78 is 6.52. The summed E-state index contributed by atoms with van der Waals surface area (Å²) in [5.74, 6) is 0.530. The Labute approximate surface area is 125 Å². The van der Waals surface area contributed by atoms with Crippen LogP contribution in [0.25, 0.3) is 0 Å². The highest BCUT2D eigenvalue weighted by molar-refractivity contribution is 5.41. The van der Waals surface area contributed by atoms with Gasteiger partial charge >= 0.3 is 0 Å². The Balaban J connectivity index is 2.00. The predicted molar refractivity (Wildman–Crippen MR) is 83.6 cm³/mol. The van der Waals surface area contributed by atoms with Crippen molar-refractivity contribution in [2.24, 2.45) is 11.7 Å². The van der Waals surface area contributed by atoms with Gasteiger partial charge in [-0.05, 0) is 18.8 Å². The lowest BCUT2D eigenvalue weighted by molar-refractivity contribution is 0.206. The van der Waals surface area contributed by atoms with E-state index in [1.807, 2.05) is 11.9 Å². The molecule has 1 unspecified atom stereocenters. The van der Waals surface area contributed by atoms with Gasteiger partial charge in [0.15, 0.2) is 0 Å². The van der Waals surface area contributed by atoms with E-state index < -0.39 is 0 Å². The van der Waals surface area contributed by atoms with Crippen molar-refractivity contribution in [1.29, 1.82) is 0 Å². The van der Waals surface area contributed by atoms with E-state index in [1.54, 1.807) is 19.4 Å². The van der Waals surface area contributed by atoms with E-state index in [2.05, 4.69) is 5.10 Å². The highest BCUT2D eigenvalue weighted by Gasteiger charge is 2.22. The Morgan fingerprint density at radius 2 is 2.24 bits per heavy atom. The van der Waals surface area contributed by atoms with Gasteiger partial charge in [0, 0.05) is 32.8 Å². The van der Waals surface area contributed by atoms with E-state index in [1.165, 1.54) is 30.4 Å². The first-order valence-corrected chi connectivity index (χ1v) is 7.64. The molecular formula is C15H26N4O2. The lowest BCUT2D eigenvalue weighted by atomic mass is 9.99. The minimum atomic E-state index is -0.0924. The van der Waals surface area contributed by atoms with Gasteiger partial charge in [0.25, 0.3) is 5.56 Å². The molecule has 1 heterocycles. The zero-order valence-corrected chi connectivity index (χ0v) is 13.0. The van der Waals surface area contributed by atoms with Crippen molar-refractivity contribution in [3.63, 3.8) is 0 Å². The van der Waals surface area contributed by atoms with Gasteiger partial charge in [-0.2, -0.15) is 5.10 Å². The highest BCUT2D eigenvalue weighted by Crippen LogP contribution is 2.27. The Hall–Kier alpha value is -1.40. The standard InChI is InChI=1S/C15H26N4O2/c1-18(7-8-21-2)13-9-15(20)19(17-10-13)11-14(16)12-5-3-4-6-12/h9-10,12,14H,3-8,11,16H2,1-2H3. The van der Waals surface area contributed by atoms with Gasteiger partial charge in [0.05, 0.1) is 25.0 Å². The number of rotatable bonds is 7. The first-order valence-electron chi connectivity index (χ1n) is 7.64. The Morgan fingerprint density at radius 3 is 2.86 bits per heavy atom. The normalized spacial score (nSPS) is 17.1. The highest BCUT2D eigenvalue weighted by atomic mass is 16.5. The molecule has 1 aromatic heterocycles. The lowest BCUT2D eigenvalue weighted by Crippen LogP contribution is -2.38. The van der Waals surface area contributed by atoms with Crippen LogP contribution < -0.4 is 16.2 Å². The van der Waals surface area contributed by atoms with Gasteiger partial charge in [-0.25, -0.2) is 4.68 Å². The molecule has 2 rings (SSSR count). The van der Waals surface area contributed by atoms with Gasteiger partial charge < -0.3 is 15.4 Å². The van der Waals surface area contributed by atoms with Crippen LogP contribution in [0.15, 0.2) is 17.1 Å². The summed E-state index contributed by atoms with van der Waals surface area (Å²) in [7, 11) is 3.58. The van der Waals surface area contributed by atoms with Crippen LogP contribution in [0.4, 0.5) is 5.69 Å². The molecule has 0 amide bonds. The summed E-state index contributed by atoms with van der Waals surface area (Å²) in [6.07, 6.45) is 6.58. The second kappa shape index (κ2) is 7.56. The number of hydrogen-bond acceptors (Lipinski definition) is 5. The summed E-state index contributed by atoms with van der Waals surface area (Å²) in [6, 6.07) is 1.64. The first kappa shape index (κ1) is 16.0.